The van der Waals surface area contributed by atoms with Gasteiger partial charge in [0.15, 0.2) is 0 Å². The molecule has 2 atom stereocenters. The lowest BCUT2D eigenvalue weighted by atomic mass is 9.99. The van der Waals surface area contributed by atoms with Crippen LogP contribution in [-0.4, -0.2) is 6.04 Å². The maximum absolute atomic E-state index is 3.76. The highest BCUT2D eigenvalue weighted by atomic mass is 14.9. The van der Waals surface area contributed by atoms with Gasteiger partial charge in [-0.3, -0.25) is 0 Å². The van der Waals surface area contributed by atoms with Crippen molar-refractivity contribution in [2.24, 2.45) is 0 Å². The largest absolute Gasteiger partial charge is 0.307 e. The molecule has 0 aromatic heterocycles. The van der Waals surface area contributed by atoms with Crippen molar-refractivity contribution in [3.05, 3.63) is 71.3 Å². The van der Waals surface area contributed by atoms with E-state index >= 15 is 0 Å². The maximum atomic E-state index is 3.76. The lowest BCUT2D eigenvalue weighted by molar-refractivity contribution is 0.443. The summed E-state index contributed by atoms with van der Waals surface area (Å²) in [7, 11) is 0. The van der Waals surface area contributed by atoms with E-state index in [2.05, 4.69) is 80.7 Å². The van der Waals surface area contributed by atoms with Crippen LogP contribution in [0.5, 0.6) is 0 Å². The summed E-state index contributed by atoms with van der Waals surface area (Å²) in [5.74, 6) is 0. The van der Waals surface area contributed by atoms with E-state index in [1.165, 1.54) is 16.7 Å². The lowest BCUT2D eigenvalue weighted by Crippen LogP contribution is -2.32. The molecule has 2 unspecified atom stereocenters. The summed E-state index contributed by atoms with van der Waals surface area (Å²) in [6.45, 7) is 6.71. The van der Waals surface area contributed by atoms with Crippen LogP contribution in [0.1, 0.15) is 43.0 Å². The summed E-state index contributed by atoms with van der Waals surface area (Å²) in [6.07, 6.45) is 2.19. The Labute approximate surface area is 123 Å². The highest BCUT2D eigenvalue weighted by Crippen LogP contribution is 2.18. The molecule has 0 bridgehead atoms. The Kier molecular flexibility index (Phi) is 5.37. The molecule has 0 aliphatic rings. The van der Waals surface area contributed by atoms with Gasteiger partial charge in [0.05, 0.1) is 0 Å². The summed E-state index contributed by atoms with van der Waals surface area (Å²) < 4.78 is 0. The molecular formula is C19H25N. The first-order valence-electron chi connectivity index (χ1n) is 7.56. The van der Waals surface area contributed by atoms with Crippen LogP contribution < -0.4 is 5.32 Å². The number of hydrogen-bond donors (Lipinski definition) is 1. The van der Waals surface area contributed by atoms with Gasteiger partial charge in [-0.05, 0) is 43.4 Å². The van der Waals surface area contributed by atoms with Crippen molar-refractivity contribution in [1.82, 2.24) is 5.32 Å². The number of aryl methyl sites for hydroxylation is 1. The molecule has 2 aromatic carbocycles. The molecule has 0 aliphatic carbocycles. The topological polar surface area (TPSA) is 12.0 Å². The molecule has 20 heavy (non-hydrogen) atoms. The van der Waals surface area contributed by atoms with Gasteiger partial charge in [0.25, 0.3) is 0 Å². The number of rotatable bonds is 6. The fourth-order valence-electron chi connectivity index (χ4n) is 2.71. The van der Waals surface area contributed by atoms with Crippen molar-refractivity contribution in [3.8, 4) is 0 Å². The van der Waals surface area contributed by atoms with Crippen molar-refractivity contribution >= 4 is 0 Å². The Bertz CT molecular complexity index is 518. The van der Waals surface area contributed by atoms with Crippen molar-refractivity contribution in [3.63, 3.8) is 0 Å². The minimum atomic E-state index is 0.440. The monoisotopic (exact) mass is 267 g/mol. The van der Waals surface area contributed by atoms with Crippen LogP contribution >= 0.6 is 0 Å². The molecule has 1 heteroatoms. The van der Waals surface area contributed by atoms with E-state index in [-0.39, 0.29) is 0 Å². The van der Waals surface area contributed by atoms with Crippen molar-refractivity contribution in [1.29, 1.82) is 0 Å². The fourth-order valence-corrected chi connectivity index (χ4v) is 2.71. The summed E-state index contributed by atoms with van der Waals surface area (Å²) >= 11 is 0. The van der Waals surface area contributed by atoms with E-state index < -0.39 is 0 Å². The van der Waals surface area contributed by atoms with Gasteiger partial charge in [0, 0.05) is 12.1 Å². The molecule has 2 aromatic rings. The molecule has 0 saturated heterocycles. The van der Waals surface area contributed by atoms with Crippen LogP contribution in [0.4, 0.5) is 0 Å². The number of nitrogens with one attached hydrogen (secondary N) is 1. The summed E-state index contributed by atoms with van der Waals surface area (Å²) in [4.78, 5) is 0. The zero-order valence-electron chi connectivity index (χ0n) is 12.8. The van der Waals surface area contributed by atoms with Gasteiger partial charge in [0.1, 0.15) is 0 Å². The van der Waals surface area contributed by atoms with Crippen LogP contribution in [0.2, 0.25) is 0 Å². The first kappa shape index (κ1) is 14.8. The van der Waals surface area contributed by atoms with E-state index in [1.807, 2.05) is 0 Å². The molecule has 0 saturated carbocycles. The molecule has 1 N–H and O–H groups in total. The molecule has 1 nitrogen and oxygen atoms in total. The Balaban J connectivity index is 2.00. The summed E-state index contributed by atoms with van der Waals surface area (Å²) in [5.41, 5.74) is 4.20. The smallest absolute Gasteiger partial charge is 0.0320 e. The lowest BCUT2D eigenvalue weighted by Gasteiger charge is -2.23. The van der Waals surface area contributed by atoms with Crippen LogP contribution in [0.3, 0.4) is 0 Å². The average Bonchev–Trinajstić information content (AvgIpc) is 2.48. The van der Waals surface area contributed by atoms with E-state index in [9.17, 15) is 0 Å². The molecule has 0 aliphatic heterocycles. The molecule has 0 fully saturated rings. The molecule has 0 spiro atoms. The highest BCUT2D eigenvalue weighted by molar-refractivity contribution is 5.26. The second kappa shape index (κ2) is 7.25. The first-order valence-corrected chi connectivity index (χ1v) is 7.56. The third kappa shape index (κ3) is 3.94. The number of benzene rings is 2. The first-order chi connectivity index (χ1) is 9.70. The predicted molar refractivity (Wildman–Crippen MR) is 87.0 cm³/mol. The predicted octanol–water partition coefficient (Wildman–Crippen LogP) is 4.67. The second-order valence-electron chi connectivity index (χ2n) is 5.57. The van der Waals surface area contributed by atoms with E-state index in [0.717, 1.165) is 12.8 Å². The van der Waals surface area contributed by atoms with E-state index in [4.69, 9.17) is 0 Å². The van der Waals surface area contributed by atoms with Gasteiger partial charge in [0.2, 0.25) is 0 Å². The van der Waals surface area contributed by atoms with E-state index in [0.29, 0.717) is 12.1 Å². The molecule has 106 valence electrons. The third-order valence-electron chi connectivity index (χ3n) is 3.88. The fraction of sp³-hybridized carbons (Fsp3) is 0.368. The van der Waals surface area contributed by atoms with Crippen molar-refractivity contribution in [2.45, 2.75) is 45.7 Å². The molecule has 0 heterocycles. The van der Waals surface area contributed by atoms with Crippen LogP contribution in [0.15, 0.2) is 54.6 Å². The quantitative estimate of drug-likeness (QED) is 0.802. The van der Waals surface area contributed by atoms with Gasteiger partial charge in [-0.15, -0.1) is 0 Å². The van der Waals surface area contributed by atoms with E-state index in [1.54, 1.807) is 0 Å². The molecule has 0 amide bonds. The standard InChI is InChI=1S/C19H25N/c1-4-19(17-11-6-5-7-12-17)20-16(3)14-18-13-9-8-10-15(18)2/h5-13,16,19-20H,4,14H2,1-3H3. The van der Waals surface area contributed by atoms with Gasteiger partial charge >= 0.3 is 0 Å². The Hall–Kier alpha value is -1.60. The zero-order valence-corrected chi connectivity index (χ0v) is 12.8. The average molecular weight is 267 g/mol. The van der Waals surface area contributed by atoms with Gasteiger partial charge in [-0.25, -0.2) is 0 Å². The summed E-state index contributed by atoms with van der Waals surface area (Å²) in [6, 6.07) is 20.3. The zero-order chi connectivity index (χ0) is 14.4. The minimum absolute atomic E-state index is 0.440. The van der Waals surface area contributed by atoms with Gasteiger partial charge in [-0.2, -0.15) is 0 Å². The third-order valence-corrected chi connectivity index (χ3v) is 3.88. The SMILES string of the molecule is CCC(NC(C)Cc1ccccc1C)c1ccccc1. The van der Waals surface area contributed by atoms with Crippen molar-refractivity contribution < 1.29 is 0 Å². The molecular weight excluding hydrogens is 242 g/mol. The maximum Gasteiger partial charge on any atom is 0.0320 e. The van der Waals surface area contributed by atoms with Crippen LogP contribution in [0, 0.1) is 6.92 Å². The van der Waals surface area contributed by atoms with Crippen molar-refractivity contribution in [2.75, 3.05) is 0 Å². The second-order valence-corrected chi connectivity index (χ2v) is 5.57. The Morgan fingerprint density at radius 3 is 2.25 bits per heavy atom. The summed E-state index contributed by atoms with van der Waals surface area (Å²) in [5, 5.41) is 3.76. The van der Waals surface area contributed by atoms with Gasteiger partial charge in [-0.1, -0.05) is 61.5 Å². The van der Waals surface area contributed by atoms with Crippen LogP contribution in [-0.2, 0) is 6.42 Å². The minimum Gasteiger partial charge on any atom is -0.307 e. The Morgan fingerprint density at radius 2 is 1.60 bits per heavy atom. The van der Waals surface area contributed by atoms with Gasteiger partial charge < -0.3 is 5.32 Å². The molecule has 2 rings (SSSR count). The molecule has 0 radical (unpaired) electrons. The number of hydrogen-bond acceptors (Lipinski definition) is 1. The van der Waals surface area contributed by atoms with Crippen LogP contribution in [0.25, 0.3) is 0 Å². The normalized spacial score (nSPS) is 13.9. The highest BCUT2D eigenvalue weighted by Gasteiger charge is 2.13. The Morgan fingerprint density at radius 1 is 0.950 bits per heavy atom.